The van der Waals surface area contributed by atoms with Crippen LogP contribution in [0, 0.1) is 6.92 Å². The highest BCUT2D eigenvalue weighted by atomic mass is 35.5. The van der Waals surface area contributed by atoms with Gasteiger partial charge < -0.3 is 11.1 Å². The number of hydrogen-bond donors (Lipinski definition) is 2. The number of rotatable bonds is 5. The maximum atomic E-state index is 12.5. The molecule has 0 radical (unpaired) electrons. The first-order chi connectivity index (χ1) is 10.4. The van der Waals surface area contributed by atoms with Crippen molar-refractivity contribution in [3.63, 3.8) is 0 Å². The van der Waals surface area contributed by atoms with Crippen molar-refractivity contribution in [1.82, 2.24) is 5.32 Å². The molecule has 4 heteroatoms. The van der Waals surface area contributed by atoms with Gasteiger partial charge in [-0.3, -0.25) is 4.79 Å². The highest BCUT2D eigenvalue weighted by Crippen LogP contribution is 2.24. The molecule has 0 saturated heterocycles. The molecule has 0 aliphatic carbocycles. The Morgan fingerprint density at radius 2 is 1.65 bits per heavy atom. The van der Waals surface area contributed by atoms with Crippen molar-refractivity contribution in [3.05, 3.63) is 71.3 Å². The van der Waals surface area contributed by atoms with E-state index in [9.17, 15) is 4.79 Å². The number of amides is 1. The van der Waals surface area contributed by atoms with E-state index in [0.717, 1.165) is 11.1 Å². The highest BCUT2D eigenvalue weighted by molar-refractivity contribution is 5.87. The summed E-state index contributed by atoms with van der Waals surface area (Å²) in [5.41, 5.74) is 8.76. The summed E-state index contributed by atoms with van der Waals surface area (Å²) in [5.74, 6) is -0.0114. The quantitative estimate of drug-likeness (QED) is 0.880. The molecule has 3 N–H and O–H groups in total. The van der Waals surface area contributed by atoms with Gasteiger partial charge in [0, 0.05) is 12.6 Å². The van der Waals surface area contributed by atoms with E-state index < -0.39 is 5.41 Å². The van der Waals surface area contributed by atoms with Crippen LogP contribution in [0.3, 0.4) is 0 Å². The molecule has 124 valence electrons. The summed E-state index contributed by atoms with van der Waals surface area (Å²) in [5, 5.41) is 2.97. The second kappa shape index (κ2) is 8.14. The Bertz CT molecular complexity index is 624. The zero-order valence-electron chi connectivity index (χ0n) is 13.9. The third-order valence-electron chi connectivity index (χ3n) is 4.05. The third kappa shape index (κ3) is 4.81. The lowest BCUT2D eigenvalue weighted by Crippen LogP contribution is -2.42. The van der Waals surface area contributed by atoms with E-state index in [2.05, 4.69) is 5.32 Å². The van der Waals surface area contributed by atoms with E-state index in [-0.39, 0.29) is 24.4 Å². The molecule has 1 unspecified atom stereocenters. The van der Waals surface area contributed by atoms with Gasteiger partial charge in [-0.15, -0.1) is 12.4 Å². The monoisotopic (exact) mass is 332 g/mol. The molecule has 0 aliphatic rings. The fourth-order valence-corrected chi connectivity index (χ4v) is 2.34. The summed E-state index contributed by atoms with van der Waals surface area (Å²) in [6.07, 6.45) is 0. The summed E-state index contributed by atoms with van der Waals surface area (Å²) in [7, 11) is 0. The number of halogens is 1. The van der Waals surface area contributed by atoms with Crippen LogP contribution in [0.25, 0.3) is 0 Å². The van der Waals surface area contributed by atoms with Crippen LogP contribution in [0.1, 0.15) is 36.6 Å². The number of hydrogen-bond acceptors (Lipinski definition) is 2. The normalized spacial score (nSPS) is 12.2. The molecule has 23 heavy (non-hydrogen) atoms. The Kier molecular flexibility index (Phi) is 6.79. The molecule has 2 aromatic carbocycles. The van der Waals surface area contributed by atoms with Gasteiger partial charge in [-0.2, -0.15) is 0 Å². The number of aryl methyl sites for hydroxylation is 1. The summed E-state index contributed by atoms with van der Waals surface area (Å²) < 4.78 is 0. The maximum Gasteiger partial charge on any atom is 0.230 e. The summed E-state index contributed by atoms with van der Waals surface area (Å²) in [6, 6.07) is 17.7. The van der Waals surface area contributed by atoms with E-state index >= 15 is 0 Å². The zero-order chi connectivity index (χ0) is 16.2. The summed E-state index contributed by atoms with van der Waals surface area (Å²) in [6.45, 7) is 6.33. The van der Waals surface area contributed by atoms with Gasteiger partial charge in [-0.25, -0.2) is 0 Å². The Morgan fingerprint density at radius 1 is 1.09 bits per heavy atom. The molecule has 3 nitrogen and oxygen atoms in total. The molecule has 1 amide bonds. The Labute approximate surface area is 144 Å². The average Bonchev–Trinajstić information content (AvgIpc) is 2.53. The lowest BCUT2D eigenvalue weighted by atomic mass is 9.83. The minimum Gasteiger partial charge on any atom is -0.353 e. The number of nitrogens with one attached hydrogen (secondary N) is 1. The van der Waals surface area contributed by atoms with Gasteiger partial charge >= 0.3 is 0 Å². The molecular weight excluding hydrogens is 308 g/mol. The minimum absolute atomic E-state index is 0. The molecule has 0 bridgehead atoms. The molecule has 2 aromatic rings. The molecule has 1 atom stereocenters. The van der Waals surface area contributed by atoms with Crippen LogP contribution in [-0.2, 0) is 10.2 Å². The predicted octanol–water partition coefficient (Wildman–Crippen LogP) is 3.51. The van der Waals surface area contributed by atoms with Crippen molar-refractivity contribution in [2.45, 2.75) is 32.2 Å². The van der Waals surface area contributed by atoms with Gasteiger partial charge in [0.1, 0.15) is 0 Å². The fourth-order valence-electron chi connectivity index (χ4n) is 2.34. The van der Waals surface area contributed by atoms with Crippen LogP contribution >= 0.6 is 12.4 Å². The molecule has 0 aliphatic heterocycles. The van der Waals surface area contributed by atoms with Crippen molar-refractivity contribution in [2.24, 2.45) is 5.73 Å². The Hall–Kier alpha value is -1.84. The molecule has 0 heterocycles. The van der Waals surface area contributed by atoms with E-state index in [1.807, 2.05) is 75.4 Å². The maximum absolute atomic E-state index is 12.5. The third-order valence-corrected chi connectivity index (χ3v) is 4.05. The Morgan fingerprint density at radius 3 is 2.22 bits per heavy atom. The van der Waals surface area contributed by atoms with Crippen LogP contribution in [0.15, 0.2) is 54.6 Å². The lowest BCUT2D eigenvalue weighted by molar-refractivity contribution is -0.125. The average molecular weight is 333 g/mol. The van der Waals surface area contributed by atoms with Crippen molar-refractivity contribution < 1.29 is 4.79 Å². The van der Waals surface area contributed by atoms with Crippen LogP contribution in [0.5, 0.6) is 0 Å². The van der Waals surface area contributed by atoms with Crippen LogP contribution in [0.4, 0.5) is 0 Å². The van der Waals surface area contributed by atoms with Crippen LogP contribution in [-0.4, -0.2) is 12.5 Å². The van der Waals surface area contributed by atoms with Gasteiger partial charge in [-0.05, 0) is 31.9 Å². The van der Waals surface area contributed by atoms with E-state index in [4.69, 9.17) is 5.73 Å². The highest BCUT2D eigenvalue weighted by Gasteiger charge is 2.29. The summed E-state index contributed by atoms with van der Waals surface area (Å²) >= 11 is 0. The smallest absolute Gasteiger partial charge is 0.230 e. The van der Waals surface area contributed by atoms with Crippen LogP contribution in [0.2, 0.25) is 0 Å². The zero-order valence-corrected chi connectivity index (χ0v) is 14.7. The van der Waals surface area contributed by atoms with Gasteiger partial charge in [0.2, 0.25) is 5.91 Å². The van der Waals surface area contributed by atoms with Crippen molar-refractivity contribution in [1.29, 1.82) is 0 Å². The van der Waals surface area contributed by atoms with E-state index in [1.165, 1.54) is 5.56 Å². The standard InChI is InChI=1S/C19H24N2O.ClH/c1-14-9-11-16(12-10-14)19(2,3)18(22)21-13-17(20)15-7-5-4-6-8-15;/h4-12,17H,13,20H2,1-3H3,(H,21,22);1H. The first-order valence-electron chi connectivity index (χ1n) is 7.57. The number of carbonyl (C=O) groups is 1. The molecule has 0 saturated carbocycles. The fraction of sp³-hybridized carbons (Fsp3) is 0.316. The van der Waals surface area contributed by atoms with E-state index in [1.54, 1.807) is 0 Å². The molecule has 2 rings (SSSR count). The van der Waals surface area contributed by atoms with Gasteiger partial charge in [0.05, 0.1) is 5.41 Å². The van der Waals surface area contributed by atoms with E-state index in [0.29, 0.717) is 6.54 Å². The van der Waals surface area contributed by atoms with Gasteiger partial charge in [-0.1, -0.05) is 60.2 Å². The Balaban J connectivity index is 0.00000264. The van der Waals surface area contributed by atoms with Crippen molar-refractivity contribution >= 4 is 18.3 Å². The number of nitrogens with two attached hydrogens (primary N) is 1. The first-order valence-corrected chi connectivity index (χ1v) is 7.57. The second-order valence-electron chi connectivity index (χ2n) is 6.22. The van der Waals surface area contributed by atoms with Gasteiger partial charge in [0.15, 0.2) is 0 Å². The molecular formula is C19H25ClN2O. The summed E-state index contributed by atoms with van der Waals surface area (Å²) in [4.78, 5) is 12.5. The largest absolute Gasteiger partial charge is 0.353 e. The van der Waals surface area contributed by atoms with Gasteiger partial charge in [0.25, 0.3) is 0 Å². The molecule has 0 spiro atoms. The second-order valence-corrected chi connectivity index (χ2v) is 6.22. The molecule has 0 fully saturated rings. The minimum atomic E-state index is -0.579. The topological polar surface area (TPSA) is 55.1 Å². The van der Waals surface area contributed by atoms with Crippen molar-refractivity contribution in [2.75, 3.05) is 6.54 Å². The number of benzene rings is 2. The lowest BCUT2D eigenvalue weighted by Gasteiger charge is -2.25. The first kappa shape index (κ1) is 19.2. The SMILES string of the molecule is Cc1ccc(C(C)(C)C(=O)NCC(N)c2ccccc2)cc1.Cl. The van der Waals surface area contributed by atoms with Crippen LogP contribution < -0.4 is 11.1 Å². The predicted molar refractivity (Wildman–Crippen MR) is 97.8 cm³/mol. The van der Waals surface area contributed by atoms with Crippen molar-refractivity contribution in [3.8, 4) is 0 Å². The number of carbonyl (C=O) groups excluding carboxylic acids is 1. The molecule has 0 aromatic heterocycles.